The van der Waals surface area contributed by atoms with Crippen LogP contribution in [0.3, 0.4) is 0 Å². The topological polar surface area (TPSA) is 57.1 Å². The van der Waals surface area contributed by atoms with Crippen molar-refractivity contribution >= 4 is 14.9 Å². The van der Waals surface area contributed by atoms with Crippen LogP contribution in [0.4, 0.5) is 0 Å². The van der Waals surface area contributed by atoms with E-state index in [-0.39, 0.29) is 6.04 Å². The first-order chi connectivity index (χ1) is 9.17. The Balaban J connectivity index is 4.62. The summed E-state index contributed by atoms with van der Waals surface area (Å²) in [5.41, 5.74) is 0. The summed E-state index contributed by atoms with van der Waals surface area (Å²) in [4.78, 5) is 14.3. The summed E-state index contributed by atoms with van der Waals surface area (Å²) in [6.07, 6.45) is 4.27. The van der Waals surface area contributed by atoms with Crippen LogP contribution in [0, 0.1) is 0 Å². The third kappa shape index (κ3) is 7.60. The summed E-state index contributed by atoms with van der Waals surface area (Å²) in [6.45, 7) is 9.60. The molecule has 19 heavy (non-hydrogen) atoms. The predicted octanol–water partition coefficient (Wildman–Crippen LogP) is 2.93. The highest BCUT2D eigenvalue weighted by Gasteiger charge is 2.40. The molecule has 0 aromatic heterocycles. The van der Waals surface area contributed by atoms with E-state index in [1.54, 1.807) is 6.08 Å². The molecular formula is C13H27NO4Si. The Labute approximate surface area is 117 Å². The summed E-state index contributed by atoms with van der Waals surface area (Å²) in [5, 5.41) is 0. The Kier molecular flexibility index (Phi) is 11.0. The van der Waals surface area contributed by atoms with Gasteiger partial charge in [-0.15, -0.1) is 0 Å². The molecule has 0 rings (SSSR count). The van der Waals surface area contributed by atoms with Gasteiger partial charge in [0, 0.05) is 25.9 Å². The van der Waals surface area contributed by atoms with Gasteiger partial charge in [-0.2, -0.15) is 0 Å². The van der Waals surface area contributed by atoms with Crippen LogP contribution in [0.2, 0.25) is 6.04 Å². The Morgan fingerprint density at radius 2 is 1.53 bits per heavy atom. The van der Waals surface area contributed by atoms with E-state index >= 15 is 0 Å². The lowest BCUT2D eigenvalue weighted by molar-refractivity contribution is 0.0702. The minimum absolute atomic E-state index is 0.00394. The van der Waals surface area contributed by atoms with Gasteiger partial charge >= 0.3 is 8.80 Å². The summed E-state index contributed by atoms with van der Waals surface area (Å²) >= 11 is 0. The van der Waals surface area contributed by atoms with Crippen LogP contribution < -0.4 is 0 Å². The van der Waals surface area contributed by atoms with Crippen molar-refractivity contribution in [1.82, 2.24) is 0 Å². The Bertz CT molecular complexity index is 252. The molecule has 0 fully saturated rings. The van der Waals surface area contributed by atoms with Crippen molar-refractivity contribution in [3.63, 3.8) is 0 Å². The van der Waals surface area contributed by atoms with Crippen LogP contribution in [-0.2, 0) is 18.1 Å². The molecule has 0 aromatic rings. The SMILES string of the molecule is CCCC(CC[Si](OCC)(OCC)OCC)N=C=O. The van der Waals surface area contributed by atoms with Crippen LogP contribution in [0.1, 0.15) is 47.0 Å². The molecule has 0 aliphatic heterocycles. The third-order valence-corrected chi connectivity index (χ3v) is 5.82. The van der Waals surface area contributed by atoms with E-state index in [2.05, 4.69) is 11.9 Å². The lowest BCUT2D eigenvalue weighted by Gasteiger charge is -2.29. The molecule has 0 radical (unpaired) electrons. The summed E-state index contributed by atoms with van der Waals surface area (Å²) in [7, 11) is -2.61. The first-order valence-corrected chi connectivity index (χ1v) is 9.09. The molecule has 0 aliphatic rings. The van der Waals surface area contributed by atoms with Gasteiger partial charge < -0.3 is 13.3 Å². The van der Waals surface area contributed by atoms with E-state index in [0.29, 0.717) is 25.9 Å². The molecule has 0 saturated carbocycles. The fraction of sp³-hybridized carbons (Fsp3) is 0.923. The van der Waals surface area contributed by atoms with Crippen LogP contribution in [0.25, 0.3) is 0 Å². The second-order valence-electron chi connectivity index (χ2n) is 4.18. The summed E-state index contributed by atoms with van der Waals surface area (Å²) < 4.78 is 17.3. The molecule has 1 atom stereocenters. The van der Waals surface area contributed by atoms with Gasteiger partial charge in [0.05, 0.1) is 6.04 Å². The number of hydrogen-bond acceptors (Lipinski definition) is 5. The standard InChI is InChI=1S/C13H27NO4Si/c1-5-9-13(14-12-15)10-11-19(16-6-2,17-7-3)18-8-4/h13H,5-11H2,1-4H3. The first-order valence-electron chi connectivity index (χ1n) is 7.16. The van der Waals surface area contributed by atoms with E-state index in [1.165, 1.54) is 0 Å². The molecule has 0 amide bonds. The van der Waals surface area contributed by atoms with Gasteiger partial charge in [0.15, 0.2) is 0 Å². The maximum atomic E-state index is 10.4. The highest BCUT2D eigenvalue weighted by Crippen LogP contribution is 2.21. The van der Waals surface area contributed by atoms with Gasteiger partial charge in [-0.25, -0.2) is 9.79 Å². The number of nitrogens with zero attached hydrogens (tertiary/aromatic N) is 1. The molecule has 0 N–H and O–H groups in total. The lowest BCUT2D eigenvalue weighted by Crippen LogP contribution is -2.46. The molecule has 1 unspecified atom stereocenters. The predicted molar refractivity (Wildman–Crippen MR) is 76.9 cm³/mol. The molecule has 0 aliphatic carbocycles. The quantitative estimate of drug-likeness (QED) is 0.315. The van der Waals surface area contributed by atoms with E-state index < -0.39 is 8.80 Å². The summed E-state index contributed by atoms with van der Waals surface area (Å²) in [5.74, 6) is 0. The first kappa shape index (κ1) is 18.5. The van der Waals surface area contributed by atoms with Crippen molar-refractivity contribution in [1.29, 1.82) is 0 Å². The third-order valence-electron chi connectivity index (χ3n) is 2.73. The number of aliphatic imine (C=N–C) groups is 1. The van der Waals surface area contributed by atoms with Crippen LogP contribution in [-0.4, -0.2) is 40.7 Å². The Hall–Kier alpha value is -0.523. The van der Waals surface area contributed by atoms with E-state index in [9.17, 15) is 4.79 Å². The van der Waals surface area contributed by atoms with Crippen LogP contribution >= 0.6 is 0 Å². The van der Waals surface area contributed by atoms with Crippen molar-refractivity contribution in [2.45, 2.75) is 59.0 Å². The number of carbonyl (C=O) groups excluding carboxylic acids is 1. The maximum Gasteiger partial charge on any atom is 0.501 e. The van der Waals surface area contributed by atoms with Crippen molar-refractivity contribution in [3.05, 3.63) is 0 Å². The maximum absolute atomic E-state index is 10.4. The van der Waals surface area contributed by atoms with Gasteiger partial charge in [-0.3, -0.25) is 0 Å². The fourth-order valence-electron chi connectivity index (χ4n) is 2.03. The van der Waals surface area contributed by atoms with Crippen LogP contribution in [0.5, 0.6) is 0 Å². The highest BCUT2D eigenvalue weighted by atomic mass is 28.4. The average Bonchev–Trinajstić information content (AvgIpc) is 2.37. The zero-order valence-corrected chi connectivity index (χ0v) is 13.6. The van der Waals surface area contributed by atoms with Gasteiger partial charge in [0.1, 0.15) is 0 Å². The summed E-state index contributed by atoms with van der Waals surface area (Å²) in [6, 6.07) is 0.689. The normalized spacial score (nSPS) is 13.1. The molecule has 0 bridgehead atoms. The molecule has 5 nitrogen and oxygen atoms in total. The average molecular weight is 289 g/mol. The number of rotatable bonds is 12. The minimum atomic E-state index is -2.61. The van der Waals surface area contributed by atoms with Crippen LogP contribution in [0.15, 0.2) is 4.99 Å². The monoisotopic (exact) mass is 289 g/mol. The molecule has 0 aromatic carbocycles. The van der Waals surface area contributed by atoms with Crippen molar-refractivity contribution in [2.75, 3.05) is 19.8 Å². The van der Waals surface area contributed by atoms with E-state index in [0.717, 1.165) is 19.3 Å². The zero-order chi connectivity index (χ0) is 14.6. The largest absolute Gasteiger partial charge is 0.501 e. The van der Waals surface area contributed by atoms with Crippen molar-refractivity contribution < 1.29 is 18.1 Å². The highest BCUT2D eigenvalue weighted by molar-refractivity contribution is 6.60. The Morgan fingerprint density at radius 1 is 1.00 bits per heavy atom. The van der Waals surface area contributed by atoms with E-state index in [4.69, 9.17) is 13.3 Å². The zero-order valence-electron chi connectivity index (χ0n) is 12.6. The minimum Gasteiger partial charge on any atom is -0.374 e. The Morgan fingerprint density at radius 3 is 1.89 bits per heavy atom. The van der Waals surface area contributed by atoms with Crippen molar-refractivity contribution in [3.8, 4) is 0 Å². The second kappa shape index (κ2) is 11.3. The van der Waals surface area contributed by atoms with Gasteiger partial charge in [-0.1, -0.05) is 13.3 Å². The lowest BCUT2D eigenvalue weighted by atomic mass is 10.1. The smallest absolute Gasteiger partial charge is 0.374 e. The second-order valence-corrected chi connectivity index (χ2v) is 6.92. The molecule has 0 heterocycles. The fourth-order valence-corrected chi connectivity index (χ4v) is 4.72. The molecule has 112 valence electrons. The van der Waals surface area contributed by atoms with Gasteiger partial charge in [0.25, 0.3) is 0 Å². The number of isocyanates is 1. The van der Waals surface area contributed by atoms with Gasteiger partial charge in [0.2, 0.25) is 6.08 Å². The molecule has 6 heteroatoms. The van der Waals surface area contributed by atoms with Crippen molar-refractivity contribution in [2.24, 2.45) is 4.99 Å². The molecular weight excluding hydrogens is 262 g/mol. The molecule has 0 spiro atoms. The number of hydrogen-bond donors (Lipinski definition) is 0. The van der Waals surface area contributed by atoms with E-state index in [1.807, 2.05) is 20.8 Å². The molecule has 0 saturated heterocycles. The van der Waals surface area contributed by atoms with Gasteiger partial charge in [-0.05, 0) is 33.6 Å².